The van der Waals surface area contributed by atoms with E-state index in [9.17, 15) is 13.6 Å². The van der Waals surface area contributed by atoms with Crippen LogP contribution in [0.5, 0.6) is 11.5 Å². The smallest absolute Gasteiger partial charge is 0.387 e. The Morgan fingerprint density at radius 1 is 1.50 bits per heavy atom. The molecule has 5 nitrogen and oxygen atoms in total. The molecule has 0 radical (unpaired) electrons. The van der Waals surface area contributed by atoms with Crippen molar-refractivity contribution in [2.75, 3.05) is 19.7 Å². The summed E-state index contributed by atoms with van der Waals surface area (Å²) in [7, 11) is 0. The molecular formula is C15H20F2N2O3. The summed E-state index contributed by atoms with van der Waals surface area (Å²) in [6.45, 7) is 0.730. The second kappa shape index (κ2) is 7.93. The van der Waals surface area contributed by atoms with Crippen molar-refractivity contribution in [1.29, 1.82) is 0 Å². The van der Waals surface area contributed by atoms with Gasteiger partial charge in [0.05, 0.1) is 12.5 Å². The van der Waals surface area contributed by atoms with Gasteiger partial charge in [-0.2, -0.15) is 8.78 Å². The van der Waals surface area contributed by atoms with Crippen LogP contribution in [0.1, 0.15) is 18.9 Å². The number of amides is 1. The first-order valence-corrected chi connectivity index (χ1v) is 7.29. The van der Waals surface area contributed by atoms with Crippen LogP contribution in [0.4, 0.5) is 8.78 Å². The van der Waals surface area contributed by atoms with E-state index in [4.69, 9.17) is 4.74 Å². The van der Waals surface area contributed by atoms with Gasteiger partial charge >= 0.3 is 6.61 Å². The molecule has 1 aromatic rings. The Morgan fingerprint density at radius 3 is 2.95 bits per heavy atom. The van der Waals surface area contributed by atoms with Crippen LogP contribution in [0.25, 0.3) is 0 Å². The second-order valence-electron chi connectivity index (χ2n) is 4.96. The molecule has 2 rings (SSSR count). The van der Waals surface area contributed by atoms with Crippen molar-refractivity contribution in [3.63, 3.8) is 0 Å². The fraction of sp³-hybridized carbons (Fsp3) is 0.533. The van der Waals surface area contributed by atoms with Crippen molar-refractivity contribution in [1.82, 2.24) is 10.6 Å². The van der Waals surface area contributed by atoms with Crippen LogP contribution >= 0.6 is 0 Å². The molecule has 0 spiro atoms. The molecule has 1 saturated heterocycles. The van der Waals surface area contributed by atoms with Gasteiger partial charge in [0, 0.05) is 18.7 Å². The molecular weight excluding hydrogens is 294 g/mol. The molecule has 1 fully saturated rings. The molecule has 1 atom stereocenters. The predicted molar refractivity (Wildman–Crippen MR) is 77.1 cm³/mol. The summed E-state index contributed by atoms with van der Waals surface area (Å²) in [5, 5.41) is 5.87. The van der Waals surface area contributed by atoms with Gasteiger partial charge in [0.1, 0.15) is 0 Å². The van der Waals surface area contributed by atoms with E-state index in [1.807, 2.05) is 0 Å². The Balaban J connectivity index is 2.07. The second-order valence-corrected chi connectivity index (χ2v) is 4.96. The molecule has 122 valence electrons. The zero-order valence-electron chi connectivity index (χ0n) is 12.4. The number of hydrogen-bond donors (Lipinski definition) is 2. The molecule has 1 aliphatic rings. The first kappa shape index (κ1) is 16.5. The summed E-state index contributed by atoms with van der Waals surface area (Å²) >= 11 is 0. The van der Waals surface area contributed by atoms with Crippen molar-refractivity contribution in [2.45, 2.75) is 26.5 Å². The summed E-state index contributed by atoms with van der Waals surface area (Å²) in [6.07, 6.45) is 0.783. The number of halogens is 2. The van der Waals surface area contributed by atoms with E-state index in [-0.39, 0.29) is 29.9 Å². The maximum atomic E-state index is 12.6. The highest BCUT2D eigenvalue weighted by Crippen LogP contribution is 2.32. The van der Waals surface area contributed by atoms with E-state index in [0.29, 0.717) is 18.7 Å². The molecule has 0 bridgehead atoms. The van der Waals surface area contributed by atoms with E-state index >= 15 is 0 Å². The summed E-state index contributed by atoms with van der Waals surface area (Å²) < 4.78 is 35.1. The number of benzene rings is 1. The van der Waals surface area contributed by atoms with Crippen molar-refractivity contribution in [2.24, 2.45) is 5.92 Å². The molecule has 1 heterocycles. The Labute approximate surface area is 128 Å². The van der Waals surface area contributed by atoms with E-state index in [2.05, 4.69) is 15.4 Å². The SMILES string of the molecule is CCOc1cccc(CNC(=O)C2CCNC2)c1OC(F)F. The lowest BCUT2D eigenvalue weighted by molar-refractivity contribution is -0.124. The number of ether oxygens (including phenoxy) is 2. The van der Waals surface area contributed by atoms with Gasteiger partial charge in [0.15, 0.2) is 11.5 Å². The van der Waals surface area contributed by atoms with Gasteiger partial charge in [0.25, 0.3) is 0 Å². The molecule has 7 heteroatoms. The van der Waals surface area contributed by atoms with Crippen LogP contribution in [-0.2, 0) is 11.3 Å². The maximum Gasteiger partial charge on any atom is 0.387 e. The largest absolute Gasteiger partial charge is 0.490 e. The third-order valence-electron chi connectivity index (χ3n) is 3.45. The molecule has 0 aliphatic carbocycles. The minimum absolute atomic E-state index is 0.0239. The number of nitrogens with one attached hydrogen (secondary N) is 2. The average Bonchev–Trinajstić information content (AvgIpc) is 3.01. The van der Waals surface area contributed by atoms with E-state index in [1.54, 1.807) is 25.1 Å². The standard InChI is InChI=1S/C15H20F2N2O3/c1-2-21-12-5-3-4-10(13(12)22-15(16)17)9-19-14(20)11-6-7-18-8-11/h3-5,11,15,18H,2,6-9H2,1H3,(H,19,20). The highest BCUT2D eigenvalue weighted by Gasteiger charge is 2.23. The Bertz CT molecular complexity index is 506. The highest BCUT2D eigenvalue weighted by atomic mass is 19.3. The molecule has 0 saturated carbocycles. The zero-order valence-corrected chi connectivity index (χ0v) is 12.4. The Hall–Kier alpha value is -1.89. The van der Waals surface area contributed by atoms with Gasteiger partial charge in [0.2, 0.25) is 5.91 Å². The lowest BCUT2D eigenvalue weighted by Gasteiger charge is -2.16. The van der Waals surface area contributed by atoms with E-state index < -0.39 is 6.61 Å². The number of rotatable bonds is 7. The third kappa shape index (κ3) is 4.30. The quantitative estimate of drug-likeness (QED) is 0.807. The van der Waals surface area contributed by atoms with Crippen LogP contribution in [-0.4, -0.2) is 32.2 Å². The Kier molecular flexibility index (Phi) is 5.94. The maximum absolute atomic E-state index is 12.6. The van der Waals surface area contributed by atoms with Gasteiger partial charge in [-0.15, -0.1) is 0 Å². The fourth-order valence-electron chi connectivity index (χ4n) is 2.40. The first-order chi connectivity index (χ1) is 10.6. The lowest BCUT2D eigenvalue weighted by Crippen LogP contribution is -2.31. The molecule has 0 aromatic heterocycles. The van der Waals surface area contributed by atoms with Crippen LogP contribution < -0.4 is 20.1 Å². The summed E-state index contributed by atoms with van der Waals surface area (Å²) in [4.78, 5) is 12.0. The Morgan fingerprint density at radius 2 is 2.32 bits per heavy atom. The normalized spacial score (nSPS) is 17.5. The summed E-state index contributed by atoms with van der Waals surface area (Å²) in [6, 6.07) is 4.88. The van der Waals surface area contributed by atoms with Gasteiger partial charge in [-0.05, 0) is 26.0 Å². The van der Waals surface area contributed by atoms with Crippen LogP contribution in [0.2, 0.25) is 0 Å². The summed E-state index contributed by atoms with van der Waals surface area (Å²) in [5.74, 6) is 0.0608. The number of para-hydroxylation sites is 1. The molecule has 22 heavy (non-hydrogen) atoms. The van der Waals surface area contributed by atoms with Crippen LogP contribution in [0.3, 0.4) is 0 Å². The van der Waals surface area contributed by atoms with Crippen LogP contribution in [0.15, 0.2) is 18.2 Å². The van der Waals surface area contributed by atoms with Gasteiger partial charge in [-0.1, -0.05) is 12.1 Å². The van der Waals surface area contributed by atoms with Crippen LogP contribution in [0, 0.1) is 5.92 Å². The number of carbonyl (C=O) groups excluding carboxylic acids is 1. The molecule has 1 aromatic carbocycles. The van der Waals surface area contributed by atoms with Crippen molar-refractivity contribution >= 4 is 5.91 Å². The van der Waals surface area contributed by atoms with Crippen molar-refractivity contribution < 1.29 is 23.0 Å². The highest BCUT2D eigenvalue weighted by molar-refractivity contribution is 5.79. The van der Waals surface area contributed by atoms with E-state index in [1.165, 1.54) is 0 Å². The minimum atomic E-state index is -2.95. The molecule has 1 aliphatic heterocycles. The minimum Gasteiger partial charge on any atom is -0.490 e. The monoisotopic (exact) mass is 314 g/mol. The van der Waals surface area contributed by atoms with Crippen molar-refractivity contribution in [3.05, 3.63) is 23.8 Å². The third-order valence-corrected chi connectivity index (χ3v) is 3.45. The molecule has 1 unspecified atom stereocenters. The predicted octanol–water partition coefficient (Wildman–Crippen LogP) is 1.91. The van der Waals surface area contributed by atoms with Crippen molar-refractivity contribution in [3.8, 4) is 11.5 Å². The van der Waals surface area contributed by atoms with Gasteiger partial charge in [-0.3, -0.25) is 4.79 Å². The topological polar surface area (TPSA) is 59.6 Å². The van der Waals surface area contributed by atoms with Gasteiger partial charge in [-0.25, -0.2) is 0 Å². The number of carbonyl (C=O) groups is 1. The van der Waals surface area contributed by atoms with Gasteiger partial charge < -0.3 is 20.1 Å². The van der Waals surface area contributed by atoms with E-state index in [0.717, 1.165) is 13.0 Å². The number of hydrogen-bond acceptors (Lipinski definition) is 4. The average molecular weight is 314 g/mol. The molecule has 1 amide bonds. The zero-order chi connectivity index (χ0) is 15.9. The fourth-order valence-corrected chi connectivity index (χ4v) is 2.40. The first-order valence-electron chi connectivity index (χ1n) is 7.29. The number of alkyl halides is 2. The lowest BCUT2D eigenvalue weighted by atomic mass is 10.1. The molecule has 2 N–H and O–H groups in total. The summed E-state index contributed by atoms with van der Waals surface area (Å²) in [5.41, 5.74) is 0.463.